The van der Waals surface area contributed by atoms with E-state index in [0.29, 0.717) is 5.41 Å². The lowest BCUT2D eigenvalue weighted by atomic mass is 9.45. The Hall–Kier alpha value is -0.370. The second kappa shape index (κ2) is 5.58. The monoisotopic (exact) mass is 318 g/mol. The molecule has 0 saturated heterocycles. The molecule has 23 heavy (non-hydrogen) atoms. The molecule has 2 heteroatoms. The second-order valence-corrected chi connectivity index (χ2v) is 9.70. The summed E-state index contributed by atoms with van der Waals surface area (Å²) in [5, 5.41) is 9.38. The van der Waals surface area contributed by atoms with Gasteiger partial charge in [0, 0.05) is 5.92 Å². The second-order valence-electron chi connectivity index (χ2n) is 9.70. The molecule has 4 aliphatic carbocycles. The molecule has 130 valence electrons. The smallest absolute Gasteiger partial charge is 0.161 e. The van der Waals surface area contributed by atoms with Crippen LogP contribution >= 0.6 is 0 Å². The average Bonchev–Trinajstić information content (AvgIpc) is 2.91. The fourth-order valence-corrected chi connectivity index (χ4v) is 7.93. The molecule has 0 bridgehead atoms. The molecule has 6 unspecified atom stereocenters. The van der Waals surface area contributed by atoms with E-state index < -0.39 is 0 Å². The Balaban J connectivity index is 1.61. The lowest BCUT2D eigenvalue weighted by Gasteiger charge is -2.60. The van der Waals surface area contributed by atoms with Crippen LogP contribution < -0.4 is 0 Å². The summed E-state index contributed by atoms with van der Waals surface area (Å²) in [5.41, 5.74) is 0.764. The molecule has 0 aromatic heterocycles. The minimum Gasteiger partial charge on any atom is -0.389 e. The van der Waals surface area contributed by atoms with Crippen molar-refractivity contribution in [3.63, 3.8) is 0 Å². The quantitative estimate of drug-likeness (QED) is 0.808. The SMILES string of the molecule is CC12CCCCC1CCC1C2CC[C@]2(C)C(C(=O)CO)CCC12. The summed E-state index contributed by atoms with van der Waals surface area (Å²) in [6.07, 6.45) is 13.5. The lowest BCUT2D eigenvalue weighted by molar-refractivity contribution is -0.137. The van der Waals surface area contributed by atoms with Crippen LogP contribution in [-0.2, 0) is 4.79 Å². The van der Waals surface area contributed by atoms with Crippen molar-refractivity contribution in [3.05, 3.63) is 0 Å². The van der Waals surface area contributed by atoms with Crippen molar-refractivity contribution in [2.45, 2.75) is 78.1 Å². The van der Waals surface area contributed by atoms with Crippen molar-refractivity contribution in [2.75, 3.05) is 6.61 Å². The van der Waals surface area contributed by atoms with Crippen LogP contribution in [0.15, 0.2) is 0 Å². The summed E-state index contributed by atoms with van der Waals surface area (Å²) in [6, 6.07) is 0. The molecule has 4 aliphatic rings. The van der Waals surface area contributed by atoms with E-state index in [1.54, 1.807) is 0 Å². The van der Waals surface area contributed by atoms with Gasteiger partial charge < -0.3 is 5.11 Å². The van der Waals surface area contributed by atoms with E-state index in [0.717, 1.165) is 30.1 Å². The number of carbonyl (C=O) groups excluding carboxylic acids is 1. The molecule has 0 spiro atoms. The molecule has 0 amide bonds. The third kappa shape index (κ3) is 2.19. The Morgan fingerprint density at radius 3 is 2.48 bits per heavy atom. The average molecular weight is 319 g/mol. The van der Waals surface area contributed by atoms with Gasteiger partial charge in [0.05, 0.1) is 0 Å². The molecule has 0 aromatic rings. The van der Waals surface area contributed by atoms with Crippen molar-refractivity contribution in [1.29, 1.82) is 0 Å². The Kier molecular flexibility index (Phi) is 3.91. The van der Waals surface area contributed by atoms with Crippen LogP contribution in [0, 0.1) is 40.4 Å². The molecular formula is C21H34O2. The van der Waals surface area contributed by atoms with Gasteiger partial charge in [-0.25, -0.2) is 0 Å². The first-order valence-electron chi connectivity index (χ1n) is 10.1. The van der Waals surface area contributed by atoms with Crippen LogP contribution in [0.4, 0.5) is 0 Å². The van der Waals surface area contributed by atoms with Crippen LogP contribution in [0.5, 0.6) is 0 Å². The molecule has 0 heterocycles. The van der Waals surface area contributed by atoms with Gasteiger partial charge in [0.15, 0.2) is 5.78 Å². The van der Waals surface area contributed by atoms with E-state index >= 15 is 0 Å². The lowest BCUT2D eigenvalue weighted by Crippen LogP contribution is -2.53. The number of carbonyl (C=O) groups is 1. The molecule has 4 fully saturated rings. The van der Waals surface area contributed by atoms with Crippen molar-refractivity contribution in [1.82, 2.24) is 0 Å². The molecule has 1 N–H and O–H groups in total. The van der Waals surface area contributed by atoms with Crippen molar-refractivity contribution in [3.8, 4) is 0 Å². The van der Waals surface area contributed by atoms with Crippen molar-refractivity contribution in [2.24, 2.45) is 40.4 Å². The van der Waals surface area contributed by atoms with E-state index in [1.807, 2.05) is 0 Å². The van der Waals surface area contributed by atoms with Crippen molar-refractivity contribution < 1.29 is 9.90 Å². The maximum absolute atomic E-state index is 12.3. The van der Waals surface area contributed by atoms with Crippen LogP contribution in [0.25, 0.3) is 0 Å². The molecule has 0 aliphatic heterocycles. The van der Waals surface area contributed by atoms with E-state index in [9.17, 15) is 9.90 Å². The van der Waals surface area contributed by atoms with E-state index in [4.69, 9.17) is 0 Å². The Labute approximate surface area is 141 Å². The zero-order chi connectivity index (χ0) is 16.2. The van der Waals surface area contributed by atoms with Gasteiger partial charge in [-0.2, -0.15) is 0 Å². The molecule has 4 saturated carbocycles. The third-order valence-corrected chi connectivity index (χ3v) is 9.13. The minimum atomic E-state index is -0.249. The maximum atomic E-state index is 12.3. The van der Waals surface area contributed by atoms with E-state index in [2.05, 4.69) is 13.8 Å². The van der Waals surface area contributed by atoms with Gasteiger partial charge in [-0.05, 0) is 85.9 Å². The molecule has 0 aromatic carbocycles. The Morgan fingerprint density at radius 2 is 1.70 bits per heavy atom. The zero-order valence-electron chi connectivity index (χ0n) is 15.0. The topological polar surface area (TPSA) is 37.3 Å². The van der Waals surface area contributed by atoms with Gasteiger partial charge in [-0.3, -0.25) is 4.79 Å². The molecule has 0 radical (unpaired) electrons. The summed E-state index contributed by atoms with van der Waals surface area (Å²) >= 11 is 0. The highest BCUT2D eigenvalue weighted by atomic mass is 16.3. The van der Waals surface area contributed by atoms with E-state index in [-0.39, 0.29) is 23.7 Å². The highest BCUT2D eigenvalue weighted by Crippen LogP contribution is 2.67. The van der Waals surface area contributed by atoms with Gasteiger partial charge in [0.1, 0.15) is 6.61 Å². The Bertz CT molecular complexity index is 486. The van der Waals surface area contributed by atoms with Gasteiger partial charge in [0.2, 0.25) is 0 Å². The van der Waals surface area contributed by atoms with Crippen LogP contribution in [0.3, 0.4) is 0 Å². The molecule has 2 nitrogen and oxygen atoms in total. The molecular weight excluding hydrogens is 284 g/mol. The summed E-state index contributed by atoms with van der Waals surface area (Å²) in [7, 11) is 0. The highest BCUT2D eigenvalue weighted by molar-refractivity contribution is 5.83. The third-order valence-electron chi connectivity index (χ3n) is 9.13. The highest BCUT2D eigenvalue weighted by Gasteiger charge is 2.60. The maximum Gasteiger partial charge on any atom is 0.161 e. The molecule has 4 rings (SSSR count). The van der Waals surface area contributed by atoms with Gasteiger partial charge in [-0.15, -0.1) is 0 Å². The minimum absolute atomic E-state index is 0.117. The van der Waals surface area contributed by atoms with E-state index in [1.165, 1.54) is 57.8 Å². The number of Topliss-reactive ketones (excluding diaryl/α,β-unsaturated/α-hetero) is 1. The first-order valence-corrected chi connectivity index (χ1v) is 10.1. The van der Waals surface area contributed by atoms with Gasteiger partial charge >= 0.3 is 0 Å². The predicted molar refractivity (Wildman–Crippen MR) is 91.9 cm³/mol. The largest absolute Gasteiger partial charge is 0.389 e. The predicted octanol–water partition coefficient (Wildman–Crippen LogP) is 4.60. The number of aliphatic hydroxyl groups excluding tert-OH is 1. The normalized spacial score (nSPS) is 52.4. The standard InChI is InChI=1S/C21H34O2/c1-20-11-4-3-5-14(20)6-7-15-16-8-9-18(19(23)13-22)21(16,2)12-10-17(15)20/h14-18,22H,3-13H2,1-2H3/t14?,15?,16?,17?,18?,20?,21-/m0/s1. The zero-order valence-corrected chi connectivity index (χ0v) is 15.0. The van der Waals surface area contributed by atoms with Crippen molar-refractivity contribution >= 4 is 5.78 Å². The summed E-state index contributed by atoms with van der Waals surface area (Å²) in [6.45, 7) is 4.75. The van der Waals surface area contributed by atoms with Crippen LogP contribution in [0.2, 0.25) is 0 Å². The molecule has 7 atom stereocenters. The number of ketones is 1. The summed E-state index contributed by atoms with van der Waals surface area (Å²) in [5.74, 6) is 3.72. The van der Waals surface area contributed by atoms with Gasteiger partial charge in [-0.1, -0.05) is 26.7 Å². The van der Waals surface area contributed by atoms with Crippen LogP contribution in [0.1, 0.15) is 78.1 Å². The number of aliphatic hydroxyl groups is 1. The summed E-state index contributed by atoms with van der Waals surface area (Å²) < 4.78 is 0. The fraction of sp³-hybridized carbons (Fsp3) is 0.952. The van der Waals surface area contributed by atoms with Crippen LogP contribution in [-0.4, -0.2) is 17.5 Å². The number of rotatable bonds is 2. The van der Waals surface area contributed by atoms with Gasteiger partial charge in [0.25, 0.3) is 0 Å². The summed E-state index contributed by atoms with van der Waals surface area (Å²) in [4.78, 5) is 12.3. The first kappa shape index (κ1) is 16.1. The first-order chi connectivity index (χ1) is 11.0. The number of fused-ring (bicyclic) bond motifs is 5. The fourth-order valence-electron chi connectivity index (χ4n) is 7.93. The Morgan fingerprint density at radius 1 is 0.913 bits per heavy atom. The number of hydrogen-bond donors (Lipinski definition) is 1. The number of hydrogen-bond acceptors (Lipinski definition) is 2.